The first-order valence-electron chi connectivity index (χ1n) is 7.10. The van der Waals surface area contributed by atoms with Crippen molar-refractivity contribution in [1.29, 1.82) is 0 Å². The molecule has 0 spiro atoms. The lowest BCUT2D eigenvalue weighted by Crippen LogP contribution is -2.17. The summed E-state index contributed by atoms with van der Waals surface area (Å²) in [6.45, 7) is 0. The number of para-hydroxylation sites is 2. The predicted octanol–water partition coefficient (Wildman–Crippen LogP) is 2.55. The smallest absolute Gasteiger partial charge is 0.255 e. The van der Waals surface area contributed by atoms with Gasteiger partial charge in [-0.25, -0.2) is 8.42 Å². The second-order valence-corrected chi connectivity index (χ2v) is 7.78. The molecule has 0 fully saturated rings. The van der Waals surface area contributed by atoms with Gasteiger partial charge in [0, 0.05) is 25.9 Å². The van der Waals surface area contributed by atoms with Gasteiger partial charge in [0.1, 0.15) is 0 Å². The van der Waals surface area contributed by atoms with Gasteiger partial charge in [-0.3, -0.25) is 4.79 Å². The van der Waals surface area contributed by atoms with Crippen LogP contribution in [0.3, 0.4) is 0 Å². The number of nitrogens with zero attached hydrogens (tertiary/aromatic N) is 1. The monoisotopic (exact) mass is 332 g/mol. The number of amides is 1. The number of hydrogen-bond donors (Lipinski definition) is 1. The van der Waals surface area contributed by atoms with E-state index in [1.807, 2.05) is 43.3 Å². The van der Waals surface area contributed by atoms with E-state index in [0.29, 0.717) is 16.8 Å². The van der Waals surface area contributed by atoms with Gasteiger partial charge in [0.25, 0.3) is 5.91 Å². The molecule has 5 nitrogen and oxygen atoms in total. The molecular formula is C17H20N2O3S. The van der Waals surface area contributed by atoms with Crippen LogP contribution < -0.4 is 10.2 Å². The van der Waals surface area contributed by atoms with Crippen LogP contribution in [0.4, 0.5) is 11.4 Å². The fourth-order valence-corrected chi connectivity index (χ4v) is 3.05. The average molecular weight is 332 g/mol. The Morgan fingerprint density at radius 1 is 1.09 bits per heavy atom. The molecular weight excluding hydrogens is 312 g/mol. The molecule has 2 aromatic rings. The highest BCUT2D eigenvalue weighted by atomic mass is 32.2. The molecule has 0 heterocycles. The van der Waals surface area contributed by atoms with E-state index >= 15 is 0 Å². The molecule has 2 aromatic carbocycles. The van der Waals surface area contributed by atoms with Crippen LogP contribution >= 0.6 is 0 Å². The number of nitrogens with one attached hydrogen (secondary N) is 1. The van der Waals surface area contributed by atoms with E-state index in [0.717, 1.165) is 5.69 Å². The van der Waals surface area contributed by atoms with Crippen molar-refractivity contribution in [2.45, 2.75) is 5.75 Å². The minimum Gasteiger partial charge on any atom is -0.376 e. The summed E-state index contributed by atoms with van der Waals surface area (Å²) in [7, 11) is 0.666. The maximum atomic E-state index is 12.4. The minimum atomic E-state index is -3.13. The first kappa shape index (κ1) is 17.0. The Labute approximate surface area is 136 Å². The van der Waals surface area contributed by atoms with E-state index in [-0.39, 0.29) is 11.7 Å². The third kappa shape index (κ3) is 4.82. The van der Waals surface area contributed by atoms with Crippen molar-refractivity contribution in [1.82, 2.24) is 0 Å². The van der Waals surface area contributed by atoms with Gasteiger partial charge in [-0.15, -0.1) is 0 Å². The molecule has 0 aliphatic rings. The zero-order valence-electron chi connectivity index (χ0n) is 13.4. The van der Waals surface area contributed by atoms with Crippen molar-refractivity contribution in [3.05, 3.63) is 59.7 Å². The Bertz CT molecular complexity index is 814. The van der Waals surface area contributed by atoms with Gasteiger partial charge in [0.2, 0.25) is 0 Å². The molecule has 0 aliphatic carbocycles. The summed E-state index contributed by atoms with van der Waals surface area (Å²) in [4.78, 5) is 14.3. The highest BCUT2D eigenvalue weighted by Gasteiger charge is 2.12. The first-order valence-corrected chi connectivity index (χ1v) is 9.17. The fraction of sp³-hybridized carbons (Fsp3) is 0.235. The van der Waals surface area contributed by atoms with Crippen LogP contribution in [-0.2, 0) is 15.6 Å². The molecule has 0 radical (unpaired) electrons. The van der Waals surface area contributed by atoms with Gasteiger partial charge in [-0.05, 0) is 29.8 Å². The predicted molar refractivity (Wildman–Crippen MR) is 93.7 cm³/mol. The van der Waals surface area contributed by atoms with Crippen molar-refractivity contribution < 1.29 is 13.2 Å². The second-order valence-electron chi connectivity index (χ2n) is 5.64. The van der Waals surface area contributed by atoms with Crippen LogP contribution in [0, 0.1) is 0 Å². The van der Waals surface area contributed by atoms with Crippen LogP contribution in [0.1, 0.15) is 15.9 Å². The lowest BCUT2D eigenvalue weighted by Gasteiger charge is -2.17. The van der Waals surface area contributed by atoms with Crippen molar-refractivity contribution in [3.8, 4) is 0 Å². The van der Waals surface area contributed by atoms with Crippen LogP contribution in [0.5, 0.6) is 0 Å². The van der Waals surface area contributed by atoms with Gasteiger partial charge >= 0.3 is 0 Å². The molecule has 0 aliphatic heterocycles. The highest BCUT2D eigenvalue weighted by Crippen LogP contribution is 2.24. The largest absolute Gasteiger partial charge is 0.376 e. The molecule has 0 saturated carbocycles. The number of anilines is 2. The van der Waals surface area contributed by atoms with E-state index in [4.69, 9.17) is 0 Å². The summed E-state index contributed by atoms with van der Waals surface area (Å²) in [6.07, 6.45) is 1.17. The van der Waals surface area contributed by atoms with E-state index in [2.05, 4.69) is 5.32 Å². The Morgan fingerprint density at radius 3 is 2.43 bits per heavy atom. The summed E-state index contributed by atoms with van der Waals surface area (Å²) in [5.41, 5.74) is 2.63. The normalized spacial score (nSPS) is 11.1. The molecule has 0 aromatic heterocycles. The number of benzene rings is 2. The number of carbonyl (C=O) groups excluding carboxylic acids is 1. The molecule has 0 saturated heterocycles. The topological polar surface area (TPSA) is 66.5 Å². The third-order valence-electron chi connectivity index (χ3n) is 3.25. The van der Waals surface area contributed by atoms with Crippen molar-refractivity contribution in [3.63, 3.8) is 0 Å². The van der Waals surface area contributed by atoms with Crippen LogP contribution in [0.2, 0.25) is 0 Å². The van der Waals surface area contributed by atoms with E-state index in [9.17, 15) is 13.2 Å². The van der Waals surface area contributed by atoms with Crippen LogP contribution in [0.15, 0.2) is 48.5 Å². The molecule has 2 rings (SSSR count). The lowest BCUT2D eigenvalue weighted by atomic mass is 10.1. The Hall–Kier alpha value is -2.34. The van der Waals surface area contributed by atoms with Crippen molar-refractivity contribution >= 4 is 27.1 Å². The SMILES string of the molecule is CN(C)c1ccccc1NC(=O)c1cccc(CS(C)(=O)=O)c1. The van der Waals surface area contributed by atoms with Crippen LogP contribution in [-0.4, -0.2) is 34.7 Å². The van der Waals surface area contributed by atoms with Gasteiger partial charge in [0.05, 0.1) is 17.1 Å². The molecule has 0 bridgehead atoms. The fourth-order valence-electron chi connectivity index (χ4n) is 2.27. The number of sulfone groups is 1. The van der Waals surface area contributed by atoms with Gasteiger partial charge in [0.15, 0.2) is 9.84 Å². The molecule has 0 atom stereocenters. The Balaban J connectivity index is 2.23. The number of carbonyl (C=O) groups is 1. The zero-order valence-corrected chi connectivity index (χ0v) is 14.2. The van der Waals surface area contributed by atoms with E-state index in [1.54, 1.807) is 24.3 Å². The Morgan fingerprint density at radius 2 is 1.78 bits per heavy atom. The third-order valence-corrected chi connectivity index (χ3v) is 4.11. The molecule has 0 unspecified atom stereocenters. The summed E-state index contributed by atoms with van der Waals surface area (Å²) >= 11 is 0. The molecule has 1 N–H and O–H groups in total. The molecule has 23 heavy (non-hydrogen) atoms. The quantitative estimate of drug-likeness (QED) is 0.914. The lowest BCUT2D eigenvalue weighted by molar-refractivity contribution is 0.102. The number of rotatable bonds is 5. The molecule has 1 amide bonds. The standard InChI is InChI=1S/C17H20N2O3S/c1-19(2)16-10-5-4-9-15(16)18-17(20)14-8-6-7-13(11-14)12-23(3,21)22/h4-11H,12H2,1-3H3,(H,18,20). The van der Waals surface area contributed by atoms with Crippen molar-refractivity contribution in [2.24, 2.45) is 0 Å². The average Bonchev–Trinajstić information content (AvgIpc) is 2.46. The van der Waals surface area contributed by atoms with Crippen LogP contribution in [0.25, 0.3) is 0 Å². The molecule has 6 heteroatoms. The summed E-state index contributed by atoms with van der Waals surface area (Å²) in [5.74, 6) is -0.350. The summed E-state index contributed by atoms with van der Waals surface area (Å²) in [5, 5.41) is 2.87. The van der Waals surface area contributed by atoms with Crippen molar-refractivity contribution in [2.75, 3.05) is 30.6 Å². The Kier molecular flexibility index (Phi) is 5.05. The number of hydrogen-bond acceptors (Lipinski definition) is 4. The minimum absolute atomic E-state index is 0.0809. The molecule has 122 valence electrons. The van der Waals surface area contributed by atoms with E-state index < -0.39 is 9.84 Å². The first-order chi connectivity index (χ1) is 10.8. The zero-order chi connectivity index (χ0) is 17.0. The highest BCUT2D eigenvalue weighted by molar-refractivity contribution is 7.89. The van der Waals surface area contributed by atoms with Gasteiger partial charge in [-0.1, -0.05) is 24.3 Å². The second kappa shape index (κ2) is 6.83. The maximum absolute atomic E-state index is 12.4. The maximum Gasteiger partial charge on any atom is 0.255 e. The summed E-state index contributed by atoms with van der Waals surface area (Å²) < 4.78 is 22.8. The van der Waals surface area contributed by atoms with Gasteiger partial charge in [-0.2, -0.15) is 0 Å². The van der Waals surface area contributed by atoms with E-state index in [1.165, 1.54) is 6.26 Å². The van der Waals surface area contributed by atoms with Gasteiger partial charge < -0.3 is 10.2 Å². The summed E-state index contributed by atoms with van der Waals surface area (Å²) in [6, 6.07) is 14.1.